The molecule has 0 aliphatic carbocycles. The molecule has 0 heterocycles. The van der Waals surface area contributed by atoms with Crippen molar-refractivity contribution in [3.05, 3.63) is 0 Å². The summed E-state index contributed by atoms with van der Waals surface area (Å²) in [5, 5.41) is 3.19. The summed E-state index contributed by atoms with van der Waals surface area (Å²) >= 11 is 3.09. The molecule has 0 aromatic rings. The van der Waals surface area contributed by atoms with Crippen LogP contribution in [-0.2, 0) is 18.4 Å². The van der Waals surface area contributed by atoms with Crippen LogP contribution in [0.5, 0.6) is 0 Å². The average molecular weight is 346 g/mol. The highest BCUT2D eigenvalue weighted by atomic mass is 79.9. The molecule has 0 aliphatic rings. The second-order valence-electron chi connectivity index (χ2n) is 3.72. The molecule has 1 amide bonds. The molecule has 0 aliphatic heterocycles. The molecule has 0 rings (SSSR count). The minimum Gasteiger partial charge on any atom is -0.356 e. The summed E-state index contributed by atoms with van der Waals surface area (Å²) in [6.45, 7) is 2.50. The third-order valence-corrected chi connectivity index (χ3v) is 3.37. The van der Waals surface area contributed by atoms with Crippen LogP contribution in [0.4, 0.5) is 0 Å². The van der Waals surface area contributed by atoms with Gasteiger partial charge in [-0.1, -0.05) is 28.8 Å². The molecule has 8 heteroatoms. The van der Waals surface area contributed by atoms with Crippen molar-refractivity contribution < 1.29 is 23.3 Å². The zero-order valence-electron chi connectivity index (χ0n) is 10.6. The van der Waals surface area contributed by atoms with E-state index in [1.807, 2.05) is 0 Å². The van der Waals surface area contributed by atoms with Gasteiger partial charge >= 0.3 is 7.82 Å². The molecule has 1 unspecified atom stereocenters. The first-order chi connectivity index (χ1) is 8.48. The van der Waals surface area contributed by atoms with Gasteiger partial charge in [0.05, 0.1) is 13.2 Å². The summed E-state index contributed by atoms with van der Waals surface area (Å²) in [5.41, 5.74) is 0. The van der Waals surface area contributed by atoms with Crippen molar-refractivity contribution in [2.75, 3.05) is 25.1 Å². The van der Waals surface area contributed by atoms with Gasteiger partial charge in [0.1, 0.15) is 0 Å². The number of hydrogen-bond acceptors (Lipinski definition) is 4. The Morgan fingerprint density at radius 3 is 2.44 bits per heavy atom. The molecule has 2 N–H and O–H groups in total. The quantitative estimate of drug-likeness (QED) is 0.340. The predicted octanol–water partition coefficient (Wildman–Crippen LogP) is 2.21. The number of halogens is 1. The number of alkyl halides is 1. The number of carbonyl (C=O) groups excluding carboxylic acids is 1. The van der Waals surface area contributed by atoms with Crippen LogP contribution in [0.15, 0.2) is 0 Å². The van der Waals surface area contributed by atoms with Crippen LogP contribution in [-0.4, -0.2) is 35.9 Å². The minimum absolute atomic E-state index is 0.0245. The Kier molecular flexibility index (Phi) is 11.0. The van der Waals surface area contributed by atoms with Crippen LogP contribution in [0, 0.1) is 0 Å². The van der Waals surface area contributed by atoms with Crippen LogP contribution < -0.4 is 5.32 Å². The SMILES string of the molecule is CC(=O)NCCCCCCOP(=O)(O)OCCBr. The summed E-state index contributed by atoms with van der Waals surface area (Å²) < 4.78 is 20.6. The summed E-state index contributed by atoms with van der Waals surface area (Å²) in [4.78, 5) is 19.8. The molecule has 0 aromatic heterocycles. The molecule has 0 aromatic carbocycles. The fourth-order valence-electron chi connectivity index (χ4n) is 1.21. The van der Waals surface area contributed by atoms with E-state index in [9.17, 15) is 14.3 Å². The molecule has 0 bridgehead atoms. The fourth-order valence-corrected chi connectivity index (χ4v) is 2.38. The van der Waals surface area contributed by atoms with Crippen LogP contribution >= 0.6 is 23.8 Å². The van der Waals surface area contributed by atoms with Crippen LogP contribution in [0.1, 0.15) is 32.6 Å². The van der Waals surface area contributed by atoms with Gasteiger partial charge in [0, 0.05) is 18.8 Å². The summed E-state index contributed by atoms with van der Waals surface area (Å²) in [7, 11) is -3.87. The van der Waals surface area contributed by atoms with Crippen molar-refractivity contribution in [2.24, 2.45) is 0 Å². The minimum atomic E-state index is -3.87. The number of phosphoric acid groups is 1. The number of carbonyl (C=O) groups is 1. The molecule has 0 radical (unpaired) electrons. The first-order valence-electron chi connectivity index (χ1n) is 5.90. The number of nitrogens with one attached hydrogen (secondary N) is 1. The Labute approximate surface area is 116 Å². The van der Waals surface area contributed by atoms with Gasteiger partial charge in [0.2, 0.25) is 5.91 Å². The first kappa shape index (κ1) is 18.1. The number of unbranched alkanes of at least 4 members (excludes halogenated alkanes) is 3. The van der Waals surface area contributed by atoms with E-state index in [0.717, 1.165) is 19.3 Å². The van der Waals surface area contributed by atoms with Gasteiger partial charge in [-0.05, 0) is 12.8 Å². The van der Waals surface area contributed by atoms with E-state index in [4.69, 9.17) is 4.52 Å². The first-order valence-corrected chi connectivity index (χ1v) is 8.52. The van der Waals surface area contributed by atoms with Crippen molar-refractivity contribution in [2.45, 2.75) is 32.6 Å². The summed E-state index contributed by atoms with van der Waals surface area (Å²) in [6, 6.07) is 0. The summed E-state index contributed by atoms with van der Waals surface area (Å²) in [5.74, 6) is -0.0245. The fraction of sp³-hybridized carbons (Fsp3) is 0.900. The van der Waals surface area contributed by atoms with Gasteiger partial charge in [-0.2, -0.15) is 0 Å². The lowest BCUT2D eigenvalue weighted by Gasteiger charge is -2.11. The monoisotopic (exact) mass is 345 g/mol. The maximum Gasteiger partial charge on any atom is 0.472 e. The summed E-state index contributed by atoms with van der Waals surface area (Å²) in [6.07, 6.45) is 3.43. The largest absolute Gasteiger partial charge is 0.472 e. The molecule has 0 saturated carbocycles. The third kappa shape index (κ3) is 12.5. The van der Waals surface area contributed by atoms with Crippen LogP contribution in [0.25, 0.3) is 0 Å². The van der Waals surface area contributed by atoms with Crippen molar-refractivity contribution in [3.8, 4) is 0 Å². The molecule has 0 saturated heterocycles. The Morgan fingerprint density at radius 1 is 1.22 bits per heavy atom. The lowest BCUT2D eigenvalue weighted by molar-refractivity contribution is -0.118. The van der Waals surface area contributed by atoms with Crippen molar-refractivity contribution in [1.29, 1.82) is 0 Å². The topological polar surface area (TPSA) is 84.9 Å². The second kappa shape index (κ2) is 10.9. The standard InChI is InChI=1S/C10H21BrNO5P/c1-10(13)12-7-4-2-3-5-8-16-18(14,15)17-9-6-11/h2-9H2,1H3,(H,12,13)(H,14,15). The van der Waals surface area contributed by atoms with E-state index in [0.29, 0.717) is 18.3 Å². The Hall–Kier alpha value is 0.0600. The Bertz CT molecular complexity index is 277. The molecular weight excluding hydrogens is 325 g/mol. The molecule has 18 heavy (non-hydrogen) atoms. The van der Waals surface area contributed by atoms with E-state index in [-0.39, 0.29) is 19.1 Å². The molecule has 108 valence electrons. The maximum atomic E-state index is 11.2. The van der Waals surface area contributed by atoms with Crippen LogP contribution in [0.2, 0.25) is 0 Å². The molecule has 1 atom stereocenters. The number of phosphoric ester groups is 1. The predicted molar refractivity (Wildman–Crippen MR) is 72.7 cm³/mol. The Morgan fingerprint density at radius 2 is 1.83 bits per heavy atom. The maximum absolute atomic E-state index is 11.2. The van der Waals surface area contributed by atoms with Gasteiger partial charge < -0.3 is 10.2 Å². The molecular formula is C10H21BrNO5P. The molecule has 0 spiro atoms. The third-order valence-electron chi connectivity index (χ3n) is 2.03. The van der Waals surface area contributed by atoms with Gasteiger partial charge in [0.25, 0.3) is 0 Å². The zero-order chi connectivity index (χ0) is 13.9. The zero-order valence-corrected chi connectivity index (χ0v) is 13.0. The molecule has 6 nitrogen and oxygen atoms in total. The number of hydrogen-bond donors (Lipinski definition) is 2. The highest BCUT2D eigenvalue weighted by molar-refractivity contribution is 9.09. The number of rotatable bonds is 11. The Balaban J connectivity index is 3.34. The van der Waals surface area contributed by atoms with E-state index in [1.165, 1.54) is 6.92 Å². The average Bonchev–Trinajstić information content (AvgIpc) is 2.29. The van der Waals surface area contributed by atoms with Crippen molar-refractivity contribution >= 4 is 29.7 Å². The van der Waals surface area contributed by atoms with Gasteiger partial charge in [-0.25, -0.2) is 4.57 Å². The second-order valence-corrected chi connectivity index (χ2v) is 5.97. The number of amides is 1. The smallest absolute Gasteiger partial charge is 0.356 e. The van der Waals surface area contributed by atoms with E-state index in [2.05, 4.69) is 25.8 Å². The molecule has 0 fully saturated rings. The normalized spacial score (nSPS) is 14.2. The van der Waals surface area contributed by atoms with Crippen molar-refractivity contribution in [1.82, 2.24) is 5.32 Å². The van der Waals surface area contributed by atoms with Gasteiger partial charge in [-0.3, -0.25) is 13.8 Å². The highest BCUT2D eigenvalue weighted by Gasteiger charge is 2.19. The van der Waals surface area contributed by atoms with E-state index >= 15 is 0 Å². The van der Waals surface area contributed by atoms with E-state index < -0.39 is 7.82 Å². The van der Waals surface area contributed by atoms with Crippen LogP contribution in [0.3, 0.4) is 0 Å². The van der Waals surface area contributed by atoms with Gasteiger partial charge in [0.15, 0.2) is 0 Å². The van der Waals surface area contributed by atoms with E-state index in [1.54, 1.807) is 0 Å². The van der Waals surface area contributed by atoms with Crippen molar-refractivity contribution in [3.63, 3.8) is 0 Å². The highest BCUT2D eigenvalue weighted by Crippen LogP contribution is 2.43. The lowest BCUT2D eigenvalue weighted by atomic mass is 10.2. The lowest BCUT2D eigenvalue weighted by Crippen LogP contribution is -2.20. The van der Waals surface area contributed by atoms with Gasteiger partial charge in [-0.15, -0.1) is 0 Å².